The summed E-state index contributed by atoms with van der Waals surface area (Å²) in [6.45, 7) is 2.98. The second-order valence-electron chi connectivity index (χ2n) is 5.82. The van der Waals surface area contributed by atoms with E-state index in [0.29, 0.717) is 16.3 Å². The third kappa shape index (κ3) is 4.67. The summed E-state index contributed by atoms with van der Waals surface area (Å²) in [4.78, 5) is 35.2. The summed E-state index contributed by atoms with van der Waals surface area (Å²) in [6, 6.07) is 8.77. The molecule has 2 rings (SSSR count). The fourth-order valence-electron chi connectivity index (χ4n) is 2.24. The SMILES string of the molecule is CC(C)[C@H](NC(=O)Cn1nc(-c2ccccc2Cl)ccc1=O)C(=O)O. The minimum atomic E-state index is -1.13. The Hall–Kier alpha value is -2.67. The lowest BCUT2D eigenvalue weighted by Gasteiger charge is -2.18. The lowest BCUT2D eigenvalue weighted by atomic mass is 10.1. The largest absolute Gasteiger partial charge is 0.480 e. The highest BCUT2D eigenvalue weighted by molar-refractivity contribution is 6.33. The van der Waals surface area contributed by atoms with Gasteiger partial charge >= 0.3 is 5.97 Å². The quantitative estimate of drug-likeness (QED) is 0.814. The van der Waals surface area contributed by atoms with Gasteiger partial charge in [-0.3, -0.25) is 9.59 Å². The van der Waals surface area contributed by atoms with E-state index in [1.54, 1.807) is 38.1 Å². The summed E-state index contributed by atoms with van der Waals surface area (Å²) in [6.07, 6.45) is 0. The molecule has 0 unspecified atom stereocenters. The number of hydrogen-bond donors (Lipinski definition) is 2. The number of aliphatic carboxylic acids is 1. The Kier molecular flexibility index (Phi) is 5.93. The van der Waals surface area contributed by atoms with E-state index < -0.39 is 23.5 Å². The van der Waals surface area contributed by atoms with Crippen molar-refractivity contribution >= 4 is 23.5 Å². The molecule has 0 aliphatic carbocycles. The highest BCUT2D eigenvalue weighted by Gasteiger charge is 2.23. The Morgan fingerprint density at radius 1 is 1.24 bits per heavy atom. The molecule has 7 nitrogen and oxygen atoms in total. The lowest BCUT2D eigenvalue weighted by molar-refractivity contribution is -0.143. The van der Waals surface area contributed by atoms with Crippen molar-refractivity contribution in [1.29, 1.82) is 0 Å². The van der Waals surface area contributed by atoms with Crippen LogP contribution in [0.1, 0.15) is 13.8 Å². The lowest BCUT2D eigenvalue weighted by Crippen LogP contribution is -2.46. The van der Waals surface area contributed by atoms with Gasteiger partial charge in [-0.05, 0) is 18.1 Å². The van der Waals surface area contributed by atoms with Gasteiger partial charge < -0.3 is 10.4 Å². The number of rotatable bonds is 6. The number of nitrogens with zero attached hydrogens (tertiary/aromatic N) is 2. The zero-order chi connectivity index (χ0) is 18.6. The van der Waals surface area contributed by atoms with Gasteiger partial charge in [-0.1, -0.05) is 43.6 Å². The highest BCUT2D eigenvalue weighted by Crippen LogP contribution is 2.24. The third-order valence-corrected chi connectivity index (χ3v) is 3.89. The van der Waals surface area contributed by atoms with E-state index in [4.69, 9.17) is 16.7 Å². The number of hydrogen-bond acceptors (Lipinski definition) is 4. The van der Waals surface area contributed by atoms with Gasteiger partial charge in [-0.15, -0.1) is 0 Å². The number of amides is 1. The maximum absolute atomic E-state index is 12.1. The summed E-state index contributed by atoms with van der Waals surface area (Å²) >= 11 is 6.12. The second kappa shape index (κ2) is 7.94. The van der Waals surface area contributed by atoms with Crippen LogP contribution in [0.2, 0.25) is 5.02 Å². The van der Waals surface area contributed by atoms with Crippen molar-refractivity contribution in [2.45, 2.75) is 26.4 Å². The fourth-order valence-corrected chi connectivity index (χ4v) is 2.48. The van der Waals surface area contributed by atoms with Crippen LogP contribution in [0.25, 0.3) is 11.3 Å². The van der Waals surface area contributed by atoms with Crippen molar-refractivity contribution in [2.24, 2.45) is 5.92 Å². The Morgan fingerprint density at radius 2 is 1.92 bits per heavy atom. The Labute approximate surface area is 149 Å². The maximum Gasteiger partial charge on any atom is 0.326 e. The van der Waals surface area contributed by atoms with Crippen molar-refractivity contribution in [2.75, 3.05) is 0 Å². The number of benzene rings is 1. The van der Waals surface area contributed by atoms with Gasteiger partial charge in [-0.25, -0.2) is 9.48 Å². The number of nitrogens with one attached hydrogen (secondary N) is 1. The van der Waals surface area contributed by atoms with E-state index in [-0.39, 0.29) is 12.5 Å². The van der Waals surface area contributed by atoms with Gasteiger partial charge in [0.05, 0.1) is 10.7 Å². The molecular formula is C17H18ClN3O4. The van der Waals surface area contributed by atoms with Gasteiger partial charge in [0.25, 0.3) is 5.56 Å². The Morgan fingerprint density at radius 3 is 2.52 bits per heavy atom. The average Bonchev–Trinajstić information content (AvgIpc) is 2.54. The summed E-state index contributed by atoms with van der Waals surface area (Å²) in [5.41, 5.74) is 0.600. The average molecular weight is 364 g/mol. The van der Waals surface area contributed by atoms with E-state index in [1.807, 2.05) is 0 Å². The maximum atomic E-state index is 12.1. The number of aromatic nitrogens is 2. The van der Waals surface area contributed by atoms with Crippen LogP contribution in [0, 0.1) is 5.92 Å². The molecule has 0 saturated heterocycles. The normalized spacial score (nSPS) is 12.0. The molecule has 8 heteroatoms. The van der Waals surface area contributed by atoms with Gasteiger partial charge in [0, 0.05) is 11.6 Å². The number of carboxylic acids is 1. The number of carbonyl (C=O) groups is 2. The smallest absolute Gasteiger partial charge is 0.326 e. The minimum Gasteiger partial charge on any atom is -0.480 e. The molecule has 0 aliphatic rings. The molecule has 0 saturated carbocycles. The van der Waals surface area contributed by atoms with Gasteiger partial charge in [-0.2, -0.15) is 5.10 Å². The molecule has 1 aromatic heterocycles. The first-order chi connectivity index (χ1) is 11.8. The monoisotopic (exact) mass is 363 g/mol. The molecule has 0 aliphatic heterocycles. The Bertz CT molecular complexity index is 848. The first-order valence-electron chi connectivity index (χ1n) is 7.65. The predicted octanol–water partition coefficient (Wildman–Crippen LogP) is 1.79. The second-order valence-corrected chi connectivity index (χ2v) is 6.23. The van der Waals surface area contributed by atoms with Gasteiger partial charge in [0.1, 0.15) is 12.6 Å². The molecule has 0 bridgehead atoms. The molecule has 2 N–H and O–H groups in total. The molecule has 1 atom stereocenters. The topological polar surface area (TPSA) is 101 Å². The molecule has 25 heavy (non-hydrogen) atoms. The van der Waals surface area contributed by atoms with E-state index in [2.05, 4.69) is 10.4 Å². The summed E-state index contributed by atoms with van der Waals surface area (Å²) in [7, 11) is 0. The van der Waals surface area contributed by atoms with E-state index in [1.165, 1.54) is 12.1 Å². The number of carbonyl (C=O) groups excluding carboxylic acids is 1. The van der Waals surface area contributed by atoms with Crippen LogP contribution in [0.3, 0.4) is 0 Å². The van der Waals surface area contributed by atoms with Crippen LogP contribution in [0.5, 0.6) is 0 Å². The van der Waals surface area contributed by atoms with Crippen LogP contribution in [0.15, 0.2) is 41.2 Å². The van der Waals surface area contributed by atoms with Crippen LogP contribution < -0.4 is 10.9 Å². The third-order valence-electron chi connectivity index (χ3n) is 3.56. The van der Waals surface area contributed by atoms with Crippen molar-refractivity contribution < 1.29 is 14.7 Å². The first-order valence-corrected chi connectivity index (χ1v) is 8.02. The van der Waals surface area contributed by atoms with E-state index in [0.717, 1.165) is 4.68 Å². The molecule has 132 valence electrons. The van der Waals surface area contributed by atoms with Crippen LogP contribution in [-0.4, -0.2) is 32.8 Å². The van der Waals surface area contributed by atoms with Crippen molar-refractivity contribution in [3.63, 3.8) is 0 Å². The van der Waals surface area contributed by atoms with E-state index >= 15 is 0 Å². The van der Waals surface area contributed by atoms with Crippen molar-refractivity contribution in [3.8, 4) is 11.3 Å². The summed E-state index contributed by atoms with van der Waals surface area (Å²) < 4.78 is 0.979. The number of carboxylic acid groups (broad SMARTS) is 1. The molecule has 0 fully saturated rings. The van der Waals surface area contributed by atoms with Gasteiger partial charge in [0.2, 0.25) is 5.91 Å². The molecule has 0 spiro atoms. The molecule has 1 heterocycles. The standard InChI is InChI=1S/C17H18ClN3O4/c1-10(2)16(17(24)25)19-14(22)9-21-15(23)8-7-13(20-21)11-5-3-4-6-12(11)18/h3-8,10,16H,9H2,1-2H3,(H,19,22)(H,24,25)/t16-/m0/s1. The first kappa shape index (κ1) is 18.7. The summed E-state index contributed by atoms with van der Waals surface area (Å²) in [5, 5.41) is 16.1. The molecule has 0 radical (unpaired) electrons. The van der Waals surface area contributed by atoms with E-state index in [9.17, 15) is 14.4 Å². The predicted molar refractivity (Wildman–Crippen MR) is 93.3 cm³/mol. The number of halogens is 1. The van der Waals surface area contributed by atoms with Crippen LogP contribution in [0.4, 0.5) is 0 Å². The molecular weight excluding hydrogens is 346 g/mol. The highest BCUT2D eigenvalue weighted by atomic mass is 35.5. The zero-order valence-corrected chi connectivity index (χ0v) is 14.5. The molecule has 1 aromatic carbocycles. The van der Waals surface area contributed by atoms with Crippen LogP contribution in [-0.2, 0) is 16.1 Å². The summed E-state index contributed by atoms with van der Waals surface area (Å²) in [5.74, 6) is -2.03. The van der Waals surface area contributed by atoms with Crippen molar-refractivity contribution in [3.05, 3.63) is 51.8 Å². The van der Waals surface area contributed by atoms with Gasteiger partial charge in [0.15, 0.2) is 0 Å². The molecule has 1 amide bonds. The molecule has 2 aromatic rings. The Balaban J connectivity index is 2.24. The van der Waals surface area contributed by atoms with Crippen LogP contribution >= 0.6 is 11.6 Å². The zero-order valence-electron chi connectivity index (χ0n) is 13.8. The fraction of sp³-hybridized carbons (Fsp3) is 0.294. The van der Waals surface area contributed by atoms with Crippen molar-refractivity contribution in [1.82, 2.24) is 15.1 Å². The minimum absolute atomic E-state index is 0.291.